The number of aliphatic imine (C=N–C) groups is 1. The fourth-order valence-corrected chi connectivity index (χ4v) is 2.59. The van der Waals surface area contributed by atoms with E-state index in [4.69, 9.17) is 10.5 Å². The predicted molar refractivity (Wildman–Crippen MR) is 85.8 cm³/mol. The Morgan fingerprint density at radius 1 is 1.45 bits per heavy atom. The number of aromatic nitrogens is 2. The molecule has 0 saturated heterocycles. The minimum Gasteiger partial charge on any atom is -0.493 e. The molecule has 1 atom stereocenters. The summed E-state index contributed by atoms with van der Waals surface area (Å²) >= 11 is 0. The standard InChI is InChI=1S/C16H21N5O/c17-16(19-7-3-9-21-10-8-18-12-21)20-14-6-11-22-15-5-2-1-4-13(14)15/h1-2,4-5,8,10,12,14H,3,6-7,9,11H2,(H3,17,19,20). The van der Waals surface area contributed by atoms with Gasteiger partial charge in [0.2, 0.25) is 0 Å². The summed E-state index contributed by atoms with van der Waals surface area (Å²) in [5, 5.41) is 3.30. The smallest absolute Gasteiger partial charge is 0.189 e. The lowest BCUT2D eigenvalue weighted by atomic mass is 10.0. The maximum absolute atomic E-state index is 6.00. The summed E-state index contributed by atoms with van der Waals surface area (Å²) in [7, 11) is 0. The first kappa shape index (κ1) is 14.4. The van der Waals surface area contributed by atoms with Crippen LogP contribution in [-0.2, 0) is 6.54 Å². The highest BCUT2D eigenvalue weighted by Crippen LogP contribution is 2.31. The molecule has 1 aliphatic heterocycles. The Morgan fingerprint density at radius 2 is 2.36 bits per heavy atom. The highest BCUT2D eigenvalue weighted by Gasteiger charge is 2.20. The zero-order valence-electron chi connectivity index (χ0n) is 12.5. The number of ether oxygens (including phenoxy) is 1. The van der Waals surface area contributed by atoms with Crippen molar-refractivity contribution in [1.82, 2.24) is 14.9 Å². The first-order valence-electron chi connectivity index (χ1n) is 7.57. The van der Waals surface area contributed by atoms with Crippen LogP contribution in [0.25, 0.3) is 0 Å². The Balaban J connectivity index is 1.51. The molecule has 2 aromatic rings. The normalized spacial score (nSPS) is 17.6. The second kappa shape index (κ2) is 6.98. The molecule has 6 nitrogen and oxygen atoms in total. The molecule has 0 aliphatic carbocycles. The largest absolute Gasteiger partial charge is 0.493 e. The molecule has 3 rings (SSSR count). The molecule has 0 amide bonds. The van der Waals surface area contributed by atoms with Crippen molar-refractivity contribution in [1.29, 1.82) is 0 Å². The van der Waals surface area contributed by atoms with Gasteiger partial charge in [0.05, 0.1) is 19.0 Å². The molecule has 22 heavy (non-hydrogen) atoms. The summed E-state index contributed by atoms with van der Waals surface area (Å²) in [6, 6.07) is 8.22. The van der Waals surface area contributed by atoms with E-state index >= 15 is 0 Å². The molecular formula is C16H21N5O. The van der Waals surface area contributed by atoms with Crippen LogP contribution in [0.1, 0.15) is 24.4 Å². The molecule has 0 radical (unpaired) electrons. The number of rotatable bonds is 5. The zero-order chi connectivity index (χ0) is 15.2. The van der Waals surface area contributed by atoms with Crippen molar-refractivity contribution in [3.8, 4) is 5.75 Å². The van der Waals surface area contributed by atoms with Gasteiger partial charge in [-0.05, 0) is 12.5 Å². The van der Waals surface area contributed by atoms with E-state index in [9.17, 15) is 0 Å². The van der Waals surface area contributed by atoms with Crippen LogP contribution < -0.4 is 15.8 Å². The van der Waals surface area contributed by atoms with Gasteiger partial charge in [0, 0.05) is 37.5 Å². The van der Waals surface area contributed by atoms with Crippen LogP contribution in [-0.4, -0.2) is 28.7 Å². The van der Waals surface area contributed by atoms with E-state index in [1.54, 1.807) is 6.20 Å². The topological polar surface area (TPSA) is 77.5 Å². The van der Waals surface area contributed by atoms with Crippen LogP contribution in [0, 0.1) is 0 Å². The Labute approximate surface area is 130 Å². The molecule has 0 fully saturated rings. The van der Waals surface area contributed by atoms with E-state index in [2.05, 4.69) is 21.4 Å². The first-order valence-corrected chi connectivity index (χ1v) is 7.57. The number of nitrogens with two attached hydrogens (primary N) is 1. The van der Waals surface area contributed by atoms with Gasteiger partial charge < -0.3 is 20.4 Å². The van der Waals surface area contributed by atoms with E-state index < -0.39 is 0 Å². The molecule has 116 valence electrons. The van der Waals surface area contributed by atoms with Crippen LogP contribution in [0.15, 0.2) is 48.0 Å². The number of benzene rings is 1. The van der Waals surface area contributed by atoms with Crippen LogP contribution >= 0.6 is 0 Å². The Kier molecular flexibility index (Phi) is 4.58. The van der Waals surface area contributed by atoms with Crippen molar-refractivity contribution in [2.45, 2.75) is 25.4 Å². The molecule has 1 unspecified atom stereocenters. The minimum atomic E-state index is 0.169. The van der Waals surface area contributed by atoms with Gasteiger partial charge in [-0.3, -0.25) is 4.99 Å². The lowest BCUT2D eigenvalue weighted by molar-refractivity contribution is 0.262. The van der Waals surface area contributed by atoms with Crippen molar-refractivity contribution in [3.05, 3.63) is 48.5 Å². The van der Waals surface area contributed by atoms with Gasteiger partial charge in [-0.2, -0.15) is 0 Å². The Bertz CT molecular complexity index is 623. The molecule has 1 aliphatic rings. The molecule has 3 N–H and O–H groups in total. The van der Waals surface area contributed by atoms with E-state index in [-0.39, 0.29) is 6.04 Å². The molecule has 6 heteroatoms. The average Bonchev–Trinajstić information content (AvgIpc) is 3.05. The highest BCUT2D eigenvalue weighted by atomic mass is 16.5. The summed E-state index contributed by atoms with van der Waals surface area (Å²) in [6.45, 7) is 2.29. The molecular weight excluding hydrogens is 278 g/mol. The van der Waals surface area contributed by atoms with E-state index in [1.165, 1.54) is 0 Å². The van der Waals surface area contributed by atoms with Crippen molar-refractivity contribution in [3.63, 3.8) is 0 Å². The van der Waals surface area contributed by atoms with E-state index in [1.807, 2.05) is 35.3 Å². The van der Waals surface area contributed by atoms with Crippen molar-refractivity contribution < 1.29 is 4.74 Å². The van der Waals surface area contributed by atoms with Crippen LogP contribution in [0.5, 0.6) is 5.75 Å². The van der Waals surface area contributed by atoms with Gasteiger partial charge in [0.25, 0.3) is 0 Å². The van der Waals surface area contributed by atoms with Gasteiger partial charge >= 0.3 is 0 Å². The van der Waals surface area contributed by atoms with Gasteiger partial charge in [-0.25, -0.2) is 4.98 Å². The number of hydrogen-bond donors (Lipinski definition) is 2. The Hall–Kier alpha value is -2.50. The van der Waals surface area contributed by atoms with Gasteiger partial charge in [-0.15, -0.1) is 0 Å². The van der Waals surface area contributed by atoms with Gasteiger partial charge in [0.1, 0.15) is 5.75 Å². The maximum Gasteiger partial charge on any atom is 0.189 e. The Morgan fingerprint density at radius 3 is 3.23 bits per heavy atom. The second-order valence-corrected chi connectivity index (χ2v) is 5.29. The third kappa shape index (κ3) is 3.58. The van der Waals surface area contributed by atoms with Crippen LogP contribution in [0.3, 0.4) is 0 Å². The third-order valence-electron chi connectivity index (χ3n) is 3.70. The molecule has 1 aromatic heterocycles. The number of para-hydroxylation sites is 1. The lowest BCUT2D eigenvalue weighted by Gasteiger charge is -2.26. The van der Waals surface area contributed by atoms with Crippen molar-refractivity contribution in [2.75, 3.05) is 13.2 Å². The number of aryl methyl sites for hydroxylation is 1. The first-order chi connectivity index (χ1) is 10.8. The fourth-order valence-electron chi connectivity index (χ4n) is 2.59. The zero-order valence-corrected chi connectivity index (χ0v) is 12.5. The molecule has 0 bridgehead atoms. The van der Waals surface area contributed by atoms with Gasteiger partial charge in [0.15, 0.2) is 5.96 Å². The number of hydrogen-bond acceptors (Lipinski definition) is 3. The summed E-state index contributed by atoms with van der Waals surface area (Å²) in [4.78, 5) is 8.41. The van der Waals surface area contributed by atoms with E-state index in [0.29, 0.717) is 19.1 Å². The fraction of sp³-hybridized carbons (Fsp3) is 0.375. The van der Waals surface area contributed by atoms with Crippen LogP contribution in [0.4, 0.5) is 0 Å². The number of fused-ring (bicyclic) bond motifs is 1. The monoisotopic (exact) mass is 299 g/mol. The maximum atomic E-state index is 6.00. The van der Waals surface area contributed by atoms with E-state index in [0.717, 1.165) is 30.7 Å². The van der Waals surface area contributed by atoms with Gasteiger partial charge in [-0.1, -0.05) is 18.2 Å². The molecule has 0 saturated carbocycles. The van der Waals surface area contributed by atoms with Crippen molar-refractivity contribution in [2.24, 2.45) is 10.7 Å². The quantitative estimate of drug-likeness (QED) is 0.500. The van der Waals surface area contributed by atoms with Crippen LogP contribution in [0.2, 0.25) is 0 Å². The summed E-state index contributed by atoms with van der Waals surface area (Å²) < 4.78 is 7.68. The lowest BCUT2D eigenvalue weighted by Crippen LogP contribution is -2.37. The number of nitrogens with one attached hydrogen (secondary N) is 1. The number of guanidine groups is 1. The molecule has 0 spiro atoms. The van der Waals surface area contributed by atoms with Crippen molar-refractivity contribution >= 4 is 5.96 Å². The predicted octanol–water partition coefficient (Wildman–Crippen LogP) is 1.70. The molecule has 1 aromatic carbocycles. The third-order valence-corrected chi connectivity index (χ3v) is 3.70. The summed E-state index contributed by atoms with van der Waals surface area (Å²) in [6.07, 6.45) is 7.36. The number of imidazole rings is 1. The highest BCUT2D eigenvalue weighted by molar-refractivity contribution is 5.78. The summed E-state index contributed by atoms with van der Waals surface area (Å²) in [5.41, 5.74) is 7.14. The summed E-state index contributed by atoms with van der Waals surface area (Å²) in [5.74, 6) is 1.42. The SMILES string of the molecule is NC(=NCCCn1ccnc1)NC1CCOc2ccccc21. The average molecular weight is 299 g/mol. The second-order valence-electron chi connectivity index (χ2n) is 5.29. The minimum absolute atomic E-state index is 0.169. The number of nitrogens with zero attached hydrogens (tertiary/aromatic N) is 3. The molecule has 2 heterocycles.